The van der Waals surface area contributed by atoms with E-state index in [1.54, 1.807) is 0 Å². The Hall–Kier alpha value is -0.370. The summed E-state index contributed by atoms with van der Waals surface area (Å²) in [6.07, 6.45) is 8.11. The van der Waals surface area contributed by atoms with Crippen LogP contribution in [-0.2, 0) is 4.79 Å². The van der Waals surface area contributed by atoms with Gasteiger partial charge in [0.2, 0.25) is 0 Å². The first-order chi connectivity index (χ1) is 6.24. The van der Waals surface area contributed by atoms with Crippen LogP contribution < -0.4 is 5.73 Å². The smallest absolute Gasteiger partial charge is 0.149 e. The number of Topliss-reactive ketones (excluding diaryl/α,β-unsaturated/α-hetero) is 1. The summed E-state index contributed by atoms with van der Waals surface area (Å²) < 4.78 is 0. The van der Waals surface area contributed by atoms with Gasteiger partial charge in [-0.3, -0.25) is 4.79 Å². The molecule has 0 aliphatic heterocycles. The van der Waals surface area contributed by atoms with Gasteiger partial charge in [-0.1, -0.05) is 39.0 Å². The van der Waals surface area contributed by atoms with Crippen LogP contribution in [0.4, 0.5) is 0 Å². The normalized spacial score (nSPS) is 21.4. The lowest BCUT2D eigenvalue weighted by molar-refractivity contribution is -0.120. The summed E-state index contributed by atoms with van der Waals surface area (Å²) in [7, 11) is 0. The third-order valence-corrected chi connectivity index (χ3v) is 3.07. The van der Waals surface area contributed by atoms with Gasteiger partial charge in [-0.05, 0) is 12.3 Å². The highest BCUT2D eigenvalue weighted by Gasteiger charge is 2.19. The molecule has 0 spiro atoms. The van der Waals surface area contributed by atoms with Crippen LogP contribution in [0.2, 0.25) is 0 Å². The molecule has 0 saturated heterocycles. The van der Waals surface area contributed by atoms with Crippen molar-refractivity contribution < 1.29 is 4.79 Å². The predicted molar refractivity (Wildman–Crippen MR) is 54.5 cm³/mol. The van der Waals surface area contributed by atoms with E-state index < -0.39 is 0 Å². The van der Waals surface area contributed by atoms with E-state index in [1.807, 2.05) is 6.92 Å². The molecule has 1 rings (SSSR count). The van der Waals surface area contributed by atoms with Crippen LogP contribution in [0.3, 0.4) is 0 Å². The Balaban J connectivity index is 2.25. The quantitative estimate of drug-likeness (QED) is 0.726. The average molecular weight is 183 g/mol. The van der Waals surface area contributed by atoms with Crippen molar-refractivity contribution in [1.29, 1.82) is 0 Å². The number of carbonyl (C=O) groups excluding carboxylic acids is 1. The molecular formula is C11H21NO. The summed E-state index contributed by atoms with van der Waals surface area (Å²) in [5.74, 6) is 0.949. The van der Waals surface area contributed by atoms with E-state index >= 15 is 0 Å². The van der Waals surface area contributed by atoms with E-state index in [9.17, 15) is 4.79 Å². The summed E-state index contributed by atoms with van der Waals surface area (Å²) in [6, 6.07) is -0.187. The Morgan fingerprint density at radius 1 is 1.38 bits per heavy atom. The molecule has 0 heterocycles. The van der Waals surface area contributed by atoms with Crippen molar-refractivity contribution >= 4 is 5.78 Å². The van der Waals surface area contributed by atoms with Crippen LogP contribution in [0.5, 0.6) is 0 Å². The van der Waals surface area contributed by atoms with E-state index in [-0.39, 0.29) is 11.8 Å². The molecule has 2 nitrogen and oxygen atoms in total. The zero-order valence-electron chi connectivity index (χ0n) is 8.59. The van der Waals surface area contributed by atoms with Gasteiger partial charge in [0.1, 0.15) is 5.78 Å². The first-order valence-corrected chi connectivity index (χ1v) is 5.52. The maximum Gasteiger partial charge on any atom is 0.149 e. The molecule has 1 aliphatic carbocycles. The molecule has 0 unspecified atom stereocenters. The first-order valence-electron chi connectivity index (χ1n) is 5.52. The molecule has 0 aromatic rings. The van der Waals surface area contributed by atoms with E-state index in [1.165, 1.54) is 32.1 Å². The Morgan fingerprint density at radius 2 is 2.00 bits per heavy atom. The van der Waals surface area contributed by atoms with E-state index in [4.69, 9.17) is 5.73 Å². The number of rotatable bonds is 4. The zero-order chi connectivity index (χ0) is 9.68. The standard InChI is InChI=1S/C11H21NO/c1-2-11(13)10(12)8-9-6-4-3-5-7-9/h9-10H,2-8,12H2,1H3/t10-/m1/s1. The van der Waals surface area contributed by atoms with Crippen LogP contribution in [-0.4, -0.2) is 11.8 Å². The SMILES string of the molecule is CCC(=O)[C@H](N)CC1CCCCC1. The highest BCUT2D eigenvalue weighted by atomic mass is 16.1. The summed E-state index contributed by atoms with van der Waals surface area (Å²) in [5.41, 5.74) is 5.81. The number of hydrogen-bond acceptors (Lipinski definition) is 2. The van der Waals surface area contributed by atoms with Gasteiger partial charge in [0, 0.05) is 6.42 Å². The summed E-state index contributed by atoms with van der Waals surface area (Å²) in [4.78, 5) is 11.3. The lowest BCUT2D eigenvalue weighted by Gasteiger charge is -2.23. The van der Waals surface area contributed by atoms with Crippen molar-refractivity contribution in [2.45, 2.75) is 57.9 Å². The lowest BCUT2D eigenvalue weighted by atomic mass is 9.84. The molecule has 13 heavy (non-hydrogen) atoms. The van der Waals surface area contributed by atoms with Crippen LogP contribution in [0.1, 0.15) is 51.9 Å². The first kappa shape index (κ1) is 10.7. The van der Waals surface area contributed by atoms with Crippen LogP contribution in [0.25, 0.3) is 0 Å². The second kappa shape index (κ2) is 5.38. The van der Waals surface area contributed by atoms with Gasteiger partial charge in [0.15, 0.2) is 0 Å². The zero-order valence-corrected chi connectivity index (χ0v) is 8.59. The molecule has 0 aromatic heterocycles. The molecule has 1 fully saturated rings. The molecule has 0 bridgehead atoms. The average Bonchev–Trinajstić information content (AvgIpc) is 2.18. The Morgan fingerprint density at radius 3 is 2.54 bits per heavy atom. The predicted octanol–water partition coefficient (Wildman–Crippen LogP) is 2.26. The molecule has 0 aromatic carbocycles. The van der Waals surface area contributed by atoms with Crippen molar-refractivity contribution in [2.75, 3.05) is 0 Å². The Kier molecular flexibility index (Phi) is 4.43. The highest BCUT2D eigenvalue weighted by Crippen LogP contribution is 2.27. The third-order valence-electron chi connectivity index (χ3n) is 3.07. The third kappa shape index (κ3) is 3.47. The monoisotopic (exact) mass is 183 g/mol. The van der Waals surface area contributed by atoms with Gasteiger partial charge in [-0.2, -0.15) is 0 Å². The summed E-state index contributed by atoms with van der Waals surface area (Å²) in [5, 5.41) is 0. The van der Waals surface area contributed by atoms with Crippen LogP contribution in [0, 0.1) is 5.92 Å². The molecule has 2 heteroatoms. The largest absolute Gasteiger partial charge is 0.322 e. The van der Waals surface area contributed by atoms with Crippen molar-refractivity contribution in [3.63, 3.8) is 0 Å². The molecule has 1 atom stereocenters. The Labute approximate surface area is 80.9 Å². The molecule has 2 N–H and O–H groups in total. The lowest BCUT2D eigenvalue weighted by Crippen LogP contribution is -2.32. The minimum atomic E-state index is -0.187. The summed E-state index contributed by atoms with van der Waals surface area (Å²) >= 11 is 0. The minimum absolute atomic E-state index is 0.187. The van der Waals surface area contributed by atoms with Gasteiger partial charge in [-0.25, -0.2) is 0 Å². The number of carbonyl (C=O) groups is 1. The maximum absolute atomic E-state index is 11.3. The second-order valence-electron chi connectivity index (χ2n) is 4.17. The van der Waals surface area contributed by atoms with Gasteiger partial charge in [0.25, 0.3) is 0 Å². The fourth-order valence-corrected chi connectivity index (χ4v) is 2.18. The summed E-state index contributed by atoms with van der Waals surface area (Å²) in [6.45, 7) is 1.89. The fraction of sp³-hybridized carbons (Fsp3) is 0.909. The molecule has 1 saturated carbocycles. The Bertz CT molecular complexity index is 161. The van der Waals surface area contributed by atoms with Crippen molar-refractivity contribution in [3.8, 4) is 0 Å². The van der Waals surface area contributed by atoms with Crippen molar-refractivity contribution in [3.05, 3.63) is 0 Å². The number of hydrogen-bond donors (Lipinski definition) is 1. The maximum atomic E-state index is 11.3. The van der Waals surface area contributed by atoms with Crippen LogP contribution >= 0.6 is 0 Å². The van der Waals surface area contributed by atoms with Gasteiger partial charge >= 0.3 is 0 Å². The molecule has 76 valence electrons. The number of ketones is 1. The van der Waals surface area contributed by atoms with Gasteiger partial charge in [0.05, 0.1) is 6.04 Å². The van der Waals surface area contributed by atoms with Gasteiger partial charge in [-0.15, -0.1) is 0 Å². The molecule has 1 aliphatic rings. The fourth-order valence-electron chi connectivity index (χ4n) is 2.18. The highest BCUT2D eigenvalue weighted by molar-refractivity contribution is 5.83. The molecule has 0 radical (unpaired) electrons. The van der Waals surface area contributed by atoms with Crippen molar-refractivity contribution in [1.82, 2.24) is 0 Å². The molecular weight excluding hydrogens is 162 g/mol. The second-order valence-corrected chi connectivity index (χ2v) is 4.17. The van der Waals surface area contributed by atoms with E-state index in [0.717, 1.165) is 12.3 Å². The van der Waals surface area contributed by atoms with Crippen molar-refractivity contribution in [2.24, 2.45) is 11.7 Å². The number of nitrogens with two attached hydrogens (primary N) is 1. The topological polar surface area (TPSA) is 43.1 Å². The minimum Gasteiger partial charge on any atom is -0.322 e. The molecule has 0 amide bonds. The van der Waals surface area contributed by atoms with Crippen LogP contribution in [0.15, 0.2) is 0 Å². The van der Waals surface area contributed by atoms with E-state index in [0.29, 0.717) is 6.42 Å². The van der Waals surface area contributed by atoms with E-state index in [2.05, 4.69) is 0 Å². The van der Waals surface area contributed by atoms with Gasteiger partial charge < -0.3 is 5.73 Å².